The number of carboxylic acids is 1. The van der Waals surface area contributed by atoms with E-state index >= 15 is 0 Å². The van der Waals surface area contributed by atoms with Gasteiger partial charge in [-0.05, 0) is 74.8 Å². The van der Waals surface area contributed by atoms with E-state index in [9.17, 15) is 27.9 Å². The third kappa shape index (κ3) is 5.85. The number of alkyl halides is 3. The Morgan fingerprint density at radius 1 is 1.07 bits per heavy atom. The number of amides is 1. The van der Waals surface area contributed by atoms with Crippen LogP contribution in [0.4, 0.5) is 19.0 Å². The minimum absolute atomic E-state index is 0.0624. The molecule has 0 bridgehead atoms. The van der Waals surface area contributed by atoms with Crippen LogP contribution >= 0.6 is 11.6 Å². The number of aromatic nitrogens is 1. The summed E-state index contributed by atoms with van der Waals surface area (Å²) in [6.45, 7) is 1.49. The van der Waals surface area contributed by atoms with Crippen LogP contribution in [0.5, 0.6) is 17.2 Å². The third-order valence-electron chi connectivity index (χ3n) is 6.90. The fraction of sp³-hybridized carbons (Fsp3) is 0.321. The number of piperidine rings is 1. The van der Waals surface area contributed by atoms with E-state index in [0.717, 1.165) is 6.07 Å². The van der Waals surface area contributed by atoms with Gasteiger partial charge < -0.3 is 19.9 Å². The average Bonchev–Trinajstić information content (AvgIpc) is 2.94. The zero-order chi connectivity index (χ0) is 28.4. The van der Waals surface area contributed by atoms with Gasteiger partial charge in [-0.3, -0.25) is 14.5 Å². The summed E-state index contributed by atoms with van der Waals surface area (Å²) in [5.74, 6) is -1.28. The molecule has 1 atom stereocenters. The smallest absolute Gasteiger partial charge is 0.433 e. The number of carbonyl (C=O) groups excluding carboxylic acids is 1. The standard InChI is InChI=1S/C28H25ClF3N3O5/c29-21-14-20-19(27(37)38)10-13-39-22(20)15-23(21)40-18-6-4-16(5-7-18)26(36)35(17-8-11-33-12-9-17)25-3-1-2-24(34-25)28(30,31)32/h1-7,14-15,17,19,33H,8-13H2,(H,37,38). The van der Waals surface area contributed by atoms with Crippen molar-refractivity contribution in [2.24, 2.45) is 0 Å². The van der Waals surface area contributed by atoms with Crippen molar-refractivity contribution in [3.05, 3.63) is 76.4 Å². The van der Waals surface area contributed by atoms with Gasteiger partial charge in [-0.15, -0.1) is 0 Å². The van der Waals surface area contributed by atoms with E-state index in [0.29, 0.717) is 49.4 Å². The van der Waals surface area contributed by atoms with E-state index in [1.807, 2.05) is 0 Å². The molecule has 0 spiro atoms. The van der Waals surface area contributed by atoms with Gasteiger partial charge in [0, 0.05) is 23.2 Å². The molecule has 12 heteroatoms. The summed E-state index contributed by atoms with van der Waals surface area (Å²) >= 11 is 6.38. The number of ether oxygens (including phenoxy) is 2. The van der Waals surface area contributed by atoms with Gasteiger partial charge in [0.1, 0.15) is 28.8 Å². The number of hydrogen-bond donors (Lipinski definition) is 2. The summed E-state index contributed by atoms with van der Waals surface area (Å²) in [6.07, 6.45) is -3.19. The lowest BCUT2D eigenvalue weighted by Gasteiger charge is -2.34. The Morgan fingerprint density at radius 3 is 2.48 bits per heavy atom. The minimum Gasteiger partial charge on any atom is -0.493 e. The molecular formula is C28H25ClF3N3O5. The number of hydrogen-bond acceptors (Lipinski definition) is 6. The van der Waals surface area contributed by atoms with Crippen LogP contribution in [0.15, 0.2) is 54.6 Å². The topological polar surface area (TPSA) is 101 Å². The summed E-state index contributed by atoms with van der Waals surface area (Å²) in [7, 11) is 0. The number of anilines is 1. The lowest BCUT2D eigenvalue weighted by atomic mass is 9.93. The number of halogens is 4. The lowest BCUT2D eigenvalue weighted by molar-refractivity contribution is -0.141. The molecule has 3 aromatic rings. The maximum atomic E-state index is 13.6. The summed E-state index contributed by atoms with van der Waals surface area (Å²) in [5.41, 5.74) is -0.353. The van der Waals surface area contributed by atoms with Crippen molar-refractivity contribution in [2.45, 2.75) is 37.4 Å². The predicted molar refractivity (Wildman–Crippen MR) is 140 cm³/mol. The molecule has 5 rings (SSSR count). The fourth-order valence-corrected chi connectivity index (χ4v) is 5.10. The molecule has 8 nitrogen and oxygen atoms in total. The highest BCUT2D eigenvalue weighted by Crippen LogP contribution is 2.42. The van der Waals surface area contributed by atoms with Crippen LogP contribution in [-0.2, 0) is 11.0 Å². The van der Waals surface area contributed by atoms with E-state index in [-0.39, 0.29) is 34.8 Å². The van der Waals surface area contributed by atoms with E-state index in [2.05, 4.69) is 10.3 Å². The van der Waals surface area contributed by atoms with Crippen molar-refractivity contribution in [3.63, 3.8) is 0 Å². The Bertz CT molecular complexity index is 1410. The van der Waals surface area contributed by atoms with Crippen molar-refractivity contribution in [3.8, 4) is 17.2 Å². The number of rotatable bonds is 6. The number of carbonyl (C=O) groups is 2. The van der Waals surface area contributed by atoms with Gasteiger partial charge in [-0.25, -0.2) is 4.98 Å². The number of nitrogens with one attached hydrogen (secondary N) is 1. The number of fused-ring (bicyclic) bond motifs is 1. The zero-order valence-corrected chi connectivity index (χ0v) is 21.8. The summed E-state index contributed by atoms with van der Waals surface area (Å²) in [4.78, 5) is 30.3. The second kappa shape index (κ2) is 11.3. The Hall–Kier alpha value is -3.83. The average molecular weight is 576 g/mol. The highest BCUT2D eigenvalue weighted by Gasteiger charge is 2.35. The first-order valence-electron chi connectivity index (χ1n) is 12.7. The van der Waals surface area contributed by atoms with E-state index in [1.54, 1.807) is 12.1 Å². The highest BCUT2D eigenvalue weighted by atomic mass is 35.5. The Kier molecular flexibility index (Phi) is 7.86. The molecular weight excluding hydrogens is 551 g/mol. The van der Waals surface area contributed by atoms with Crippen LogP contribution in [0, 0.1) is 0 Å². The fourth-order valence-electron chi connectivity index (χ4n) is 4.89. The Morgan fingerprint density at radius 2 is 1.80 bits per heavy atom. The molecule has 210 valence electrons. The monoisotopic (exact) mass is 575 g/mol. The molecule has 2 N–H and O–H groups in total. The van der Waals surface area contributed by atoms with Crippen LogP contribution in [0.3, 0.4) is 0 Å². The summed E-state index contributed by atoms with van der Waals surface area (Å²) in [5, 5.41) is 12.9. The molecule has 2 aliphatic heterocycles. The van der Waals surface area contributed by atoms with Crippen molar-refractivity contribution < 1.29 is 37.3 Å². The first-order valence-corrected chi connectivity index (χ1v) is 13.0. The van der Waals surface area contributed by atoms with Crippen LogP contribution in [0.2, 0.25) is 5.02 Å². The maximum absolute atomic E-state index is 13.6. The normalized spacial score (nSPS) is 17.4. The minimum atomic E-state index is -4.64. The highest BCUT2D eigenvalue weighted by molar-refractivity contribution is 6.32. The molecule has 2 aromatic carbocycles. The number of aliphatic carboxylic acids is 1. The molecule has 1 amide bonds. The molecule has 0 saturated carbocycles. The van der Waals surface area contributed by atoms with Crippen molar-refractivity contribution in [1.82, 2.24) is 10.3 Å². The predicted octanol–water partition coefficient (Wildman–Crippen LogP) is 5.90. The molecule has 1 aromatic heterocycles. The number of nitrogens with zero attached hydrogens (tertiary/aromatic N) is 2. The Labute approximate surface area is 232 Å². The molecule has 1 fully saturated rings. The molecule has 0 aliphatic carbocycles. The van der Waals surface area contributed by atoms with Gasteiger partial charge in [0.15, 0.2) is 0 Å². The number of pyridine rings is 1. The van der Waals surface area contributed by atoms with Crippen LogP contribution < -0.4 is 19.7 Å². The first kappa shape index (κ1) is 27.7. The van der Waals surface area contributed by atoms with Gasteiger partial charge in [0.05, 0.1) is 17.5 Å². The largest absolute Gasteiger partial charge is 0.493 e. The van der Waals surface area contributed by atoms with E-state index < -0.39 is 29.7 Å². The summed E-state index contributed by atoms with van der Waals surface area (Å²) in [6, 6.07) is 12.4. The van der Waals surface area contributed by atoms with E-state index in [1.165, 1.54) is 41.3 Å². The second-order valence-electron chi connectivity index (χ2n) is 9.51. The van der Waals surface area contributed by atoms with Crippen molar-refractivity contribution in [1.29, 1.82) is 0 Å². The molecule has 40 heavy (non-hydrogen) atoms. The second-order valence-corrected chi connectivity index (χ2v) is 9.92. The van der Waals surface area contributed by atoms with Crippen LogP contribution in [0.1, 0.15) is 46.8 Å². The van der Waals surface area contributed by atoms with Crippen molar-refractivity contribution >= 4 is 29.3 Å². The number of benzene rings is 2. The molecule has 1 unspecified atom stereocenters. The molecule has 3 heterocycles. The lowest BCUT2D eigenvalue weighted by Crippen LogP contribution is -2.47. The van der Waals surface area contributed by atoms with Gasteiger partial charge in [0.25, 0.3) is 5.91 Å². The third-order valence-corrected chi connectivity index (χ3v) is 7.19. The van der Waals surface area contributed by atoms with Gasteiger partial charge >= 0.3 is 12.1 Å². The quantitative estimate of drug-likeness (QED) is 0.378. The van der Waals surface area contributed by atoms with Crippen LogP contribution in [0.25, 0.3) is 0 Å². The summed E-state index contributed by atoms with van der Waals surface area (Å²) < 4.78 is 51.6. The van der Waals surface area contributed by atoms with Crippen molar-refractivity contribution in [2.75, 3.05) is 24.6 Å². The van der Waals surface area contributed by atoms with E-state index in [4.69, 9.17) is 21.1 Å². The van der Waals surface area contributed by atoms with Gasteiger partial charge in [-0.2, -0.15) is 13.2 Å². The first-order chi connectivity index (χ1) is 19.1. The maximum Gasteiger partial charge on any atom is 0.433 e. The molecule has 0 radical (unpaired) electrons. The molecule has 2 aliphatic rings. The van der Waals surface area contributed by atoms with Gasteiger partial charge in [-0.1, -0.05) is 17.7 Å². The van der Waals surface area contributed by atoms with Gasteiger partial charge in [0.2, 0.25) is 0 Å². The van der Waals surface area contributed by atoms with Crippen LogP contribution in [-0.4, -0.2) is 47.7 Å². The SMILES string of the molecule is O=C(O)C1CCOc2cc(Oc3ccc(C(=O)N(c4cccc(C(F)(F)F)n4)C4CCNCC4)cc3)c(Cl)cc21. The Balaban J connectivity index is 1.39. The zero-order valence-electron chi connectivity index (χ0n) is 21.1. The molecule has 1 saturated heterocycles. The number of carboxylic acid groups (broad SMARTS) is 1.